The zero-order chi connectivity index (χ0) is 17.3. The van der Waals surface area contributed by atoms with Gasteiger partial charge in [0.15, 0.2) is 12.6 Å². The number of hydrogen-bond donors (Lipinski definition) is 8. The summed E-state index contributed by atoms with van der Waals surface area (Å²) in [6.45, 7) is -1.33. The molecule has 8 N–H and O–H groups in total. The summed E-state index contributed by atoms with van der Waals surface area (Å²) < 4.78 is 15.3. The van der Waals surface area contributed by atoms with Crippen LogP contribution in [0.3, 0.4) is 0 Å². The van der Waals surface area contributed by atoms with Crippen molar-refractivity contribution in [1.82, 2.24) is 0 Å². The maximum Gasteiger partial charge on any atom is 0.189 e. The van der Waals surface area contributed by atoms with Crippen LogP contribution in [0, 0.1) is 0 Å². The zero-order valence-corrected chi connectivity index (χ0v) is 12.0. The monoisotopic (exact) mass is 342 g/mol. The van der Waals surface area contributed by atoms with E-state index in [0.29, 0.717) is 0 Å². The number of hydrogen-bond acceptors (Lipinski definition) is 11. The summed E-state index contributed by atoms with van der Waals surface area (Å²) in [5.41, 5.74) is 0. The van der Waals surface area contributed by atoms with Gasteiger partial charge in [-0.1, -0.05) is 0 Å². The van der Waals surface area contributed by atoms with Gasteiger partial charge < -0.3 is 55.1 Å². The largest absolute Gasteiger partial charge is 0.394 e. The SMILES string of the molecule is OCC1OC(OC2OC(CO)C(O)[C@H](O)C2O)C(O)C(O)C1O. The summed E-state index contributed by atoms with van der Waals surface area (Å²) >= 11 is 0. The molecule has 0 aromatic carbocycles. The van der Waals surface area contributed by atoms with E-state index in [-0.39, 0.29) is 0 Å². The molecule has 0 bridgehead atoms. The van der Waals surface area contributed by atoms with E-state index < -0.39 is 74.6 Å². The van der Waals surface area contributed by atoms with Gasteiger partial charge in [-0.05, 0) is 0 Å². The molecule has 2 heterocycles. The standard InChI is InChI=1S/C12H22O11/c13-1-3-5(15)7(17)9(19)11(21-3)23-12-10(20)8(18)6(16)4(2-14)22-12/h3-20H,1-2H2/t3?,4?,5?,6?,7-,8?,9?,10?,11?,12?/m0/s1. The summed E-state index contributed by atoms with van der Waals surface area (Å²) in [6, 6.07) is 0. The van der Waals surface area contributed by atoms with Gasteiger partial charge in [0.25, 0.3) is 0 Å². The Bertz CT molecular complexity index is 344. The van der Waals surface area contributed by atoms with Gasteiger partial charge in [0.05, 0.1) is 13.2 Å². The van der Waals surface area contributed by atoms with E-state index >= 15 is 0 Å². The fourth-order valence-corrected chi connectivity index (χ4v) is 2.49. The molecular formula is C12H22O11. The van der Waals surface area contributed by atoms with Gasteiger partial charge in [0.1, 0.15) is 48.8 Å². The van der Waals surface area contributed by atoms with Crippen LogP contribution < -0.4 is 0 Å². The van der Waals surface area contributed by atoms with Crippen molar-refractivity contribution in [2.24, 2.45) is 0 Å². The van der Waals surface area contributed by atoms with Crippen LogP contribution in [0.4, 0.5) is 0 Å². The van der Waals surface area contributed by atoms with Gasteiger partial charge >= 0.3 is 0 Å². The smallest absolute Gasteiger partial charge is 0.189 e. The molecule has 0 spiro atoms. The normalized spacial score (nSPS) is 51.7. The molecule has 0 aromatic rings. The van der Waals surface area contributed by atoms with E-state index in [2.05, 4.69) is 0 Å². The first-order chi connectivity index (χ1) is 10.8. The van der Waals surface area contributed by atoms with Gasteiger partial charge in [-0.15, -0.1) is 0 Å². The lowest BCUT2D eigenvalue weighted by atomic mass is 9.98. The van der Waals surface area contributed by atoms with Gasteiger partial charge in [-0.25, -0.2) is 0 Å². The van der Waals surface area contributed by atoms with Crippen LogP contribution in [0.5, 0.6) is 0 Å². The number of aliphatic hydroxyl groups excluding tert-OH is 8. The Kier molecular flexibility index (Phi) is 6.27. The van der Waals surface area contributed by atoms with Crippen molar-refractivity contribution in [3.05, 3.63) is 0 Å². The molecule has 2 saturated heterocycles. The molecule has 136 valence electrons. The molecule has 0 saturated carbocycles. The van der Waals surface area contributed by atoms with Crippen molar-refractivity contribution >= 4 is 0 Å². The van der Waals surface area contributed by atoms with E-state index in [9.17, 15) is 30.6 Å². The minimum absolute atomic E-state index is 0.667. The van der Waals surface area contributed by atoms with E-state index in [4.69, 9.17) is 24.4 Å². The van der Waals surface area contributed by atoms with Gasteiger partial charge in [0, 0.05) is 0 Å². The van der Waals surface area contributed by atoms with Crippen LogP contribution in [0.15, 0.2) is 0 Å². The first-order valence-corrected chi connectivity index (χ1v) is 7.08. The summed E-state index contributed by atoms with van der Waals surface area (Å²) in [6.07, 6.45) is -15.6. The lowest BCUT2D eigenvalue weighted by molar-refractivity contribution is -0.376. The van der Waals surface area contributed by atoms with Crippen molar-refractivity contribution < 1.29 is 55.1 Å². The highest BCUT2D eigenvalue weighted by Gasteiger charge is 2.49. The highest BCUT2D eigenvalue weighted by atomic mass is 16.8. The van der Waals surface area contributed by atoms with E-state index in [1.807, 2.05) is 0 Å². The van der Waals surface area contributed by atoms with Gasteiger partial charge in [-0.2, -0.15) is 0 Å². The molecule has 2 rings (SSSR count). The Labute approximate surface area is 130 Å². The van der Waals surface area contributed by atoms with Crippen molar-refractivity contribution in [1.29, 1.82) is 0 Å². The Morgan fingerprint density at radius 3 is 1.22 bits per heavy atom. The van der Waals surface area contributed by atoms with Crippen LogP contribution >= 0.6 is 0 Å². The number of rotatable bonds is 4. The Balaban J connectivity index is 2.07. The van der Waals surface area contributed by atoms with E-state index in [1.165, 1.54) is 0 Å². The summed E-state index contributed by atoms with van der Waals surface area (Å²) in [4.78, 5) is 0. The minimum atomic E-state index is -1.72. The Morgan fingerprint density at radius 1 is 0.565 bits per heavy atom. The maximum absolute atomic E-state index is 9.84. The first-order valence-electron chi connectivity index (χ1n) is 7.08. The third-order valence-corrected chi connectivity index (χ3v) is 3.97. The molecule has 11 heteroatoms. The molecule has 11 nitrogen and oxygen atoms in total. The van der Waals surface area contributed by atoms with Crippen LogP contribution in [-0.2, 0) is 14.2 Å². The van der Waals surface area contributed by atoms with Crippen molar-refractivity contribution in [3.8, 4) is 0 Å². The number of ether oxygens (including phenoxy) is 3. The zero-order valence-electron chi connectivity index (χ0n) is 12.0. The Morgan fingerprint density at radius 2 is 0.913 bits per heavy atom. The molecule has 2 aliphatic rings. The number of aliphatic hydroxyl groups is 8. The fraction of sp³-hybridized carbons (Fsp3) is 1.00. The fourth-order valence-electron chi connectivity index (χ4n) is 2.49. The molecule has 0 aliphatic carbocycles. The molecule has 23 heavy (non-hydrogen) atoms. The Hall–Kier alpha value is -0.440. The van der Waals surface area contributed by atoms with Crippen molar-refractivity contribution in [2.75, 3.05) is 13.2 Å². The minimum Gasteiger partial charge on any atom is -0.394 e. The summed E-state index contributed by atoms with van der Waals surface area (Å²) in [5.74, 6) is 0. The van der Waals surface area contributed by atoms with Crippen molar-refractivity contribution in [2.45, 2.75) is 61.4 Å². The second kappa shape index (κ2) is 7.63. The first kappa shape index (κ1) is 18.9. The third kappa shape index (κ3) is 3.65. The highest BCUT2D eigenvalue weighted by molar-refractivity contribution is 4.92. The summed E-state index contributed by atoms with van der Waals surface area (Å²) in [7, 11) is 0. The third-order valence-electron chi connectivity index (χ3n) is 3.97. The molecule has 0 amide bonds. The molecular weight excluding hydrogens is 320 g/mol. The van der Waals surface area contributed by atoms with Crippen LogP contribution in [0.25, 0.3) is 0 Å². The molecule has 10 atom stereocenters. The van der Waals surface area contributed by atoms with Crippen molar-refractivity contribution in [3.63, 3.8) is 0 Å². The molecule has 0 radical (unpaired) electrons. The highest BCUT2D eigenvalue weighted by Crippen LogP contribution is 2.27. The second-order valence-corrected chi connectivity index (χ2v) is 5.53. The predicted octanol–water partition coefficient (Wildman–Crippen LogP) is -5.40. The molecule has 9 unspecified atom stereocenters. The predicted molar refractivity (Wildman–Crippen MR) is 68.6 cm³/mol. The van der Waals surface area contributed by atoms with Gasteiger partial charge in [0.2, 0.25) is 0 Å². The van der Waals surface area contributed by atoms with Gasteiger partial charge in [-0.3, -0.25) is 0 Å². The van der Waals surface area contributed by atoms with E-state index in [0.717, 1.165) is 0 Å². The van der Waals surface area contributed by atoms with Crippen LogP contribution in [0.2, 0.25) is 0 Å². The average molecular weight is 342 g/mol. The lowest BCUT2D eigenvalue weighted by Gasteiger charge is -2.44. The van der Waals surface area contributed by atoms with Crippen LogP contribution in [-0.4, -0.2) is 115 Å². The quantitative estimate of drug-likeness (QED) is 0.243. The maximum atomic E-state index is 9.84. The average Bonchev–Trinajstić information content (AvgIpc) is 2.55. The topological polar surface area (TPSA) is 190 Å². The molecule has 0 aromatic heterocycles. The second-order valence-electron chi connectivity index (χ2n) is 5.53. The molecule has 2 aliphatic heterocycles. The van der Waals surface area contributed by atoms with Crippen LogP contribution in [0.1, 0.15) is 0 Å². The van der Waals surface area contributed by atoms with E-state index in [1.54, 1.807) is 0 Å². The summed E-state index contributed by atoms with van der Waals surface area (Å²) in [5, 5.41) is 76.4. The molecule has 2 fully saturated rings. The lowest BCUT2D eigenvalue weighted by Crippen LogP contribution is -2.63.